The number of nitrogens with zero attached hydrogens (tertiary/aromatic N) is 1. The number of hydrogen-bond donors (Lipinski definition) is 1. The van der Waals surface area contributed by atoms with Gasteiger partial charge in [-0.25, -0.2) is 0 Å². The molecular weight excluding hydrogens is 364 g/mol. The van der Waals surface area contributed by atoms with Gasteiger partial charge in [0.15, 0.2) is 5.60 Å². The van der Waals surface area contributed by atoms with E-state index in [1.54, 1.807) is 18.7 Å². The second kappa shape index (κ2) is 7.54. The van der Waals surface area contributed by atoms with E-state index >= 15 is 0 Å². The Labute approximate surface area is 173 Å². The number of carbonyl (C=O) groups is 2. The summed E-state index contributed by atoms with van der Waals surface area (Å²) >= 11 is 0. The molecule has 5 heteroatoms. The maximum absolute atomic E-state index is 12.9. The van der Waals surface area contributed by atoms with Gasteiger partial charge < -0.3 is 15.0 Å². The molecule has 29 heavy (non-hydrogen) atoms. The average Bonchev–Trinajstić information content (AvgIpc) is 2.62. The van der Waals surface area contributed by atoms with Crippen LogP contribution in [-0.2, 0) is 15.0 Å². The van der Waals surface area contributed by atoms with E-state index in [-0.39, 0.29) is 23.7 Å². The first-order chi connectivity index (χ1) is 13.5. The van der Waals surface area contributed by atoms with Crippen molar-refractivity contribution in [1.82, 2.24) is 0 Å². The Bertz CT molecular complexity index is 924. The Morgan fingerprint density at radius 1 is 1.10 bits per heavy atom. The summed E-state index contributed by atoms with van der Waals surface area (Å²) in [6.45, 7) is 12.2. The van der Waals surface area contributed by atoms with Gasteiger partial charge in [-0.2, -0.15) is 0 Å². The average molecular weight is 395 g/mol. The van der Waals surface area contributed by atoms with Gasteiger partial charge in [0.1, 0.15) is 5.75 Å². The van der Waals surface area contributed by atoms with E-state index < -0.39 is 5.60 Å². The fourth-order valence-corrected chi connectivity index (χ4v) is 3.39. The van der Waals surface area contributed by atoms with Crippen LogP contribution in [0, 0.1) is 6.92 Å². The number of hydrogen-bond acceptors (Lipinski definition) is 3. The number of aryl methyl sites for hydroxylation is 1. The number of fused-ring (bicyclic) bond motifs is 1. The third-order valence-electron chi connectivity index (χ3n) is 5.13. The highest BCUT2D eigenvalue weighted by Crippen LogP contribution is 2.38. The zero-order valence-electron chi connectivity index (χ0n) is 18.1. The van der Waals surface area contributed by atoms with Crippen LogP contribution in [0.1, 0.15) is 52.2 Å². The van der Waals surface area contributed by atoms with Crippen molar-refractivity contribution in [2.24, 2.45) is 0 Å². The molecule has 0 saturated carbocycles. The van der Waals surface area contributed by atoms with Gasteiger partial charge >= 0.3 is 0 Å². The van der Waals surface area contributed by atoms with Gasteiger partial charge in [-0.15, -0.1) is 0 Å². The van der Waals surface area contributed by atoms with Crippen molar-refractivity contribution in [3.63, 3.8) is 0 Å². The maximum atomic E-state index is 12.9. The number of anilines is 2. The molecule has 0 unspecified atom stereocenters. The van der Waals surface area contributed by atoms with Crippen molar-refractivity contribution < 1.29 is 14.3 Å². The van der Waals surface area contributed by atoms with Gasteiger partial charge in [-0.3, -0.25) is 9.59 Å². The summed E-state index contributed by atoms with van der Waals surface area (Å²) in [6, 6.07) is 13.6. The lowest BCUT2D eigenvalue weighted by atomic mass is 9.87. The fraction of sp³-hybridized carbons (Fsp3) is 0.417. The molecule has 5 nitrogen and oxygen atoms in total. The molecular formula is C24H30N2O3. The van der Waals surface area contributed by atoms with Crippen LogP contribution in [0.15, 0.2) is 42.5 Å². The van der Waals surface area contributed by atoms with Crippen LogP contribution >= 0.6 is 0 Å². The van der Waals surface area contributed by atoms with Crippen LogP contribution in [0.3, 0.4) is 0 Å². The zero-order chi connectivity index (χ0) is 21.4. The third kappa shape index (κ3) is 4.61. The molecule has 0 bridgehead atoms. The number of benzene rings is 2. The molecule has 3 rings (SSSR count). The lowest BCUT2D eigenvalue weighted by Crippen LogP contribution is -2.53. The van der Waals surface area contributed by atoms with E-state index in [9.17, 15) is 9.59 Å². The smallest absolute Gasteiger partial charge is 0.270 e. The van der Waals surface area contributed by atoms with Gasteiger partial charge in [-0.05, 0) is 61.6 Å². The number of ether oxygens (including phenoxy) is 1. The molecule has 1 N–H and O–H groups in total. The normalized spacial score (nSPS) is 15.5. The number of rotatable bonds is 4. The minimum absolute atomic E-state index is 0.0670. The molecule has 154 valence electrons. The highest BCUT2D eigenvalue weighted by atomic mass is 16.5. The molecule has 0 atom stereocenters. The van der Waals surface area contributed by atoms with E-state index in [1.807, 2.05) is 49.4 Å². The van der Waals surface area contributed by atoms with Crippen LogP contribution in [0.2, 0.25) is 0 Å². The Morgan fingerprint density at radius 2 is 1.76 bits per heavy atom. The zero-order valence-corrected chi connectivity index (χ0v) is 18.1. The molecule has 0 aromatic heterocycles. The summed E-state index contributed by atoms with van der Waals surface area (Å²) in [6.07, 6.45) is 0.205. The first-order valence-electron chi connectivity index (χ1n) is 9.99. The Morgan fingerprint density at radius 3 is 2.38 bits per heavy atom. The Balaban J connectivity index is 1.69. The van der Waals surface area contributed by atoms with Crippen LogP contribution in [0.4, 0.5) is 11.4 Å². The lowest BCUT2D eigenvalue weighted by molar-refractivity contribution is -0.132. The number of nitrogens with one attached hydrogen (secondary N) is 1. The van der Waals surface area contributed by atoms with Crippen molar-refractivity contribution in [1.29, 1.82) is 0 Å². The van der Waals surface area contributed by atoms with Crippen molar-refractivity contribution in [2.45, 2.75) is 59.0 Å². The number of amides is 2. The van der Waals surface area contributed by atoms with Crippen LogP contribution < -0.4 is 15.0 Å². The lowest BCUT2D eigenvalue weighted by Gasteiger charge is -2.38. The van der Waals surface area contributed by atoms with E-state index in [1.165, 1.54) is 5.56 Å². The number of carbonyl (C=O) groups excluding carboxylic acids is 2. The summed E-state index contributed by atoms with van der Waals surface area (Å²) in [5, 5.41) is 2.92. The monoisotopic (exact) mass is 394 g/mol. The van der Waals surface area contributed by atoms with Crippen LogP contribution in [0.5, 0.6) is 5.75 Å². The SMILES string of the molecule is Cc1ccc2c(c1)N(CCC(=O)Nc1ccc(C(C)(C)C)cc1)C(=O)C(C)(C)O2. The third-order valence-corrected chi connectivity index (χ3v) is 5.13. The Kier molecular flexibility index (Phi) is 5.44. The van der Waals surface area contributed by atoms with Crippen molar-refractivity contribution in [3.05, 3.63) is 53.6 Å². The summed E-state index contributed by atoms with van der Waals surface area (Å²) < 4.78 is 5.87. The Hall–Kier alpha value is -2.82. The molecule has 0 saturated heterocycles. The predicted molar refractivity (Wildman–Crippen MR) is 117 cm³/mol. The summed E-state index contributed by atoms with van der Waals surface area (Å²) in [5.74, 6) is 0.399. The first kappa shape index (κ1) is 20.9. The summed E-state index contributed by atoms with van der Waals surface area (Å²) in [7, 11) is 0. The van der Waals surface area contributed by atoms with Crippen molar-refractivity contribution in [3.8, 4) is 5.75 Å². The molecule has 0 aliphatic carbocycles. The molecule has 0 spiro atoms. The minimum Gasteiger partial charge on any atom is -0.476 e. The van der Waals surface area contributed by atoms with Crippen LogP contribution in [0.25, 0.3) is 0 Å². The van der Waals surface area contributed by atoms with Gasteiger partial charge in [0.2, 0.25) is 5.91 Å². The van der Waals surface area contributed by atoms with E-state index in [0.29, 0.717) is 12.3 Å². The predicted octanol–water partition coefficient (Wildman–Crippen LogP) is 4.83. The molecule has 0 radical (unpaired) electrons. The first-order valence-corrected chi connectivity index (χ1v) is 9.99. The highest BCUT2D eigenvalue weighted by Gasteiger charge is 2.40. The van der Waals surface area contributed by atoms with Crippen molar-refractivity contribution in [2.75, 3.05) is 16.8 Å². The highest BCUT2D eigenvalue weighted by molar-refractivity contribution is 6.03. The topological polar surface area (TPSA) is 58.6 Å². The van der Waals surface area contributed by atoms with Gasteiger partial charge in [0.05, 0.1) is 5.69 Å². The van der Waals surface area contributed by atoms with Crippen molar-refractivity contribution >= 4 is 23.2 Å². The molecule has 1 aliphatic rings. The standard InChI is InChI=1S/C24H30N2O3/c1-16-7-12-20-19(15-16)26(22(28)24(5,6)29-20)14-13-21(27)25-18-10-8-17(9-11-18)23(2,3)4/h7-12,15H,13-14H2,1-6H3,(H,25,27). The van der Waals surface area contributed by atoms with Gasteiger partial charge in [0, 0.05) is 18.7 Å². The molecule has 2 aromatic carbocycles. The fourth-order valence-electron chi connectivity index (χ4n) is 3.39. The summed E-state index contributed by atoms with van der Waals surface area (Å²) in [5.41, 5.74) is 2.83. The molecule has 0 fully saturated rings. The van der Waals surface area contributed by atoms with Gasteiger partial charge in [0.25, 0.3) is 5.91 Å². The molecule has 1 heterocycles. The van der Waals surface area contributed by atoms with Crippen LogP contribution in [-0.4, -0.2) is 24.0 Å². The molecule has 1 aliphatic heterocycles. The molecule has 2 aromatic rings. The molecule has 2 amide bonds. The second-order valence-corrected chi connectivity index (χ2v) is 9.17. The van der Waals surface area contributed by atoms with E-state index in [0.717, 1.165) is 16.9 Å². The largest absolute Gasteiger partial charge is 0.476 e. The summed E-state index contributed by atoms with van der Waals surface area (Å²) in [4.78, 5) is 27.1. The minimum atomic E-state index is -0.957. The van der Waals surface area contributed by atoms with Gasteiger partial charge in [-0.1, -0.05) is 39.0 Å². The second-order valence-electron chi connectivity index (χ2n) is 9.17. The van der Waals surface area contributed by atoms with E-state index in [2.05, 4.69) is 26.1 Å². The maximum Gasteiger partial charge on any atom is 0.270 e. The quantitative estimate of drug-likeness (QED) is 0.808. The van der Waals surface area contributed by atoms with E-state index in [4.69, 9.17) is 4.74 Å².